The van der Waals surface area contributed by atoms with Crippen LogP contribution in [-0.4, -0.2) is 34.5 Å². The van der Waals surface area contributed by atoms with E-state index >= 15 is 0 Å². The van der Waals surface area contributed by atoms with Crippen LogP contribution in [0.15, 0.2) is 6.20 Å². The van der Waals surface area contributed by atoms with Gasteiger partial charge in [0.2, 0.25) is 11.8 Å². The molecule has 21 heavy (non-hydrogen) atoms. The van der Waals surface area contributed by atoms with E-state index < -0.39 is 4.92 Å². The topological polar surface area (TPSA) is 84.2 Å². The van der Waals surface area contributed by atoms with E-state index in [1.54, 1.807) is 0 Å². The van der Waals surface area contributed by atoms with Gasteiger partial charge in [-0.15, -0.1) is 0 Å². The molecule has 0 saturated carbocycles. The van der Waals surface area contributed by atoms with E-state index in [0.29, 0.717) is 18.3 Å². The maximum Gasteiger partial charge on any atom is 0.329 e. The van der Waals surface area contributed by atoms with Gasteiger partial charge in [-0.3, -0.25) is 10.1 Å². The summed E-state index contributed by atoms with van der Waals surface area (Å²) >= 11 is 0. The number of nitrogens with one attached hydrogen (secondary N) is 1. The summed E-state index contributed by atoms with van der Waals surface area (Å²) in [4.78, 5) is 21.2. The minimum atomic E-state index is -0.407. The van der Waals surface area contributed by atoms with E-state index in [1.807, 2.05) is 11.8 Å². The molecule has 0 aliphatic rings. The minimum Gasteiger partial charge on any atom is -0.354 e. The summed E-state index contributed by atoms with van der Waals surface area (Å²) in [5.41, 5.74) is -0.0242. The number of hydrogen-bond acceptors (Lipinski definition) is 6. The first-order valence-electron chi connectivity index (χ1n) is 7.64. The van der Waals surface area contributed by atoms with Crippen molar-refractivity contribution in [3.63, 3.8) is 0 Å². The number of unbranched alkanes of at least 4 members (excludes halogenated alkanes) is 2. The summed E-state index contributed by atoms with van der Waals surface area (Å²) in [7, 11) is 0. The van der Waals surface area contributed by atoms with Gasteiger partial charge in [0.25, 0.3) is 0 Å². The molecule has 0 aromatic carbocycles. The zero-order chi connectivity index (χ0) is 15.7. The highest BCUT2D eigenvalue weighted by Crippen LogP contribution is 2.26. The number of nitro groups is 1. The molecule has 118 valence electrons. The second-order valence-corrected chi connectivity index (χ2v) is 4.88. The Kier molecular flexibility index (Phi) is 7.42. The molecular formula is C14H25N5O2. The highest BCUT2D eigenvalue weighted by Gasteiger charge is 2.22. The second kappa shape index (κ2) is 9.10. The Bertz CT molecular complexity index is 445. The summed E-state index contributed by atoms with van der Waals surface area (Å²) in [5, 5.41) is 14.2. The second-order valence-electron chi connectivity index (χ2n) is 4.88. The fraction of sp³-hybridized carbons (Fsp3) is 0.714. The molecule has 0 atom stereocenters. The van der Waals surface area contributed by atoms with Crippen LogP contribution in [0.1, 0.15) is 46.5 Å². The molecule has 0 unspecified atom stereocenters. The Labute approximate surface area is 125 Å². The number of rotatable bonds is 10. The average Bonchev–Trinajstić information content (AvgIpc) is 2.47. The average molecular weight is 295 g/mol. The zero-order valence-corrected chi connectivity index (χ0v) is 13.1. The smallest absolute Gasteiger partial charge is 0.329 e. The molecule has 0 aliphatic heterocycles. The molecule has 1 rings (SSSR count). The van der Waals surface area contributed by atoms with Gasteiger partial charge in [0.05, 0.1) is 4.92 Å². The molecule has 0 spiro atoms. The van der Waals surface area contributed by atoms with Crippen molar-refractivity contribution in [2.24, 2.45) is 0 Å². The standard InChI is InChI=1S/C14H25N5O2/c1-4-7-9-18(10-8-5-2)13-12(19(20)21)11-16-14(17-13)15-6-3/h11H,4-10H2,1-3H3,(H,15,16,17). The first-order valence-corrected chi connectivity index (χ1v) is 7.64. The molecule has 7 nitrogen and oxygen atoms in total. The van der Waals surface area contributed by atoms with Crippen LogP contribution in [0, 0.1) is 10.1 Å². The Morgan fingerprint density at radius 2 is 1.86 bits per heavy atom. The van der Waals surface area contributed by atoms with Crippen molar-refractivity contribution in [1.82, 2.24) is 9.97 Å². The molecule has 7 heteroatoms. The Morgan fingerprint density at radius 3 is 2.33 bits per heavy atom. The lowest BCUT2D eigenvalue weighted by Gasteiger charge is -2.23. The van der Waals surface area contributed by atoms with Crippen molar-refractivity contribution in [2.45, 2.75) is 46.5 Å². The third-order valence-electron chi connectivity index (χ3n) is 3.14. The van der Waals surface area contributed by atoms with E-state index in [2.05, 4.69) is 29.1 Å². The summed E-state index contributed by atoms with van der Waals surface area (Å²) < 4.78 is 0. The Morgan fingerprint density at radius 1 is 1.24 bits per heavy atom. The molecule has 0 bridgehead atoms. The van der Waals surface area contributed by atoms with Crippen LogP contribution in [0.3, 0.4) is 0 Å². The fourth-order valence-electron chi connectivity index (χ4n) is 1.99. The monoisotopic (exact) mass is 295 g/mol. The summed E-state index contributed by atoms with van der Waals surface area (Å²) in [5.74, 6) is 0.865. The largest absolute Gasteiger partial charge is 0.354 e. The van der Waals surface area contributed by atoms with Crippen molar-refractivity contribution in [3.05, 3.63) is 16.3 Å². The van der Waals surface area contributed by atoms with E-state index in [9.17, 15) is 10.1 Å². The van der Waals surface area contributed by atoms with Crippen molar-refractivity contribution >= 4 is 17.5 Å². The predicted molar refractivity (Wildman–Crippen MR) is 84.9 cm³/mol. The molecule has 1 aromatic rings. The lowest BCUT2D eigenvalue weighted by atomic mass is 10.2. The number of anilines is 2. The van der Waals surface area contributed by atoms with Crippen LogP contribution >= 0.6 is 0 Å². The highest BCUT2D eigenvalue weighted by atomic mass is 16.6. The third-order valence-corrected chi connectivity index (χ3v) is 3.14. The molecule has 0 amide bonds. The Balaban J connectivity index is 3.10. The molecule has 0 saturated heterocycles. The van der Waals surface area contributed by atoms with Gasteiger partial charge in [-0.25, -0.2) is 4.98 Å². The quantitative estimate of drug-likeness (QED) is 0.527. The number of aromatic nitrogens is 2. The summed E-state index contributed by atoms with van der Waals surface area (Å²) in [6.45, 7) is 8.39. The van der Waals surface area contributed by atoms with Crippen LogP contribution in [0.2, 0.25) is 0 Å². The molecule has 0 fully saturated rings. The van der Waals surface area contributed by atoms with Crippen LogP contribution in [0.25, 0.3) is 0 Å². The first-order chi connectivity index (χ1) is 10.1. The fourth-order valence-corrected chi connectivity index (χ4v) is 1.99. The van der Waals surface area contributed by atoms with Gasteiger partial charge in [0.15, 0.2) is 0 Å². The highest BCUT2D eigenvalue weighted by molar-refractivity contribution is 5.58. The molecular weight excluding hydrogens is 270 g/mol. The minimum absolute atomic E-state index is 0.0242. The lowest BCUT2D eigenvalue weighted by Crippen LogP contribution is -2.28. The third kappa shape index (κ3) is 5.17. The van der Waals surface area contributed by atoms with Gasteiger partial charge < -0.3 is 10.2 Å². The van der Waals surface area contributed by atoms with Crippen molar-refractivity contribution in [1.29, 1.82) is 0 Å². The summed E-state index contributed by atoms with van der Waals surface area (Å²) in [6, 6.07) is 0. The van der Waals surface area contributed by atoms with Crippen molar-refractivity contribution < 1.29 is 4.92 Å². The molecule has 1 heterocycles. The number of nitrogens with zero attached hydrogens (tertiary/aromatic N) is 4. The van der Waals surface area contributed by atoms with E-state index in [1.165, 1.54) is 6.20 Å². The normalized spacial score (nSPS) is 10.4. The molecule has 0 aliphatic carbocycles. The predicted octanol–water partition coefficient (Wildman–Crippen LogP) is 3.22. The van der Waals surface area contributed by atoms with E-state index in [-0.39, 0.29) is 5.69 Å². The van der Waals surface area contributed by atoms with Crippen molar-refractivity contribution in [2.75, 3.05) is 29.9 Å². The first kappa shape index (κ1) is 17.1. The van der Waals surface area contributed by atoms with Crippen LogP contribution in [-0.2, 0) is 0 Å². The van der Waals surface area contributed by atoms with Gasteiger partial charge in [0.1, 0.15) is 6.20 Å². The maximum absolute atomic E-state index is 11.2. The van der Waals surface area contributed by atoms with Gasteiger partial charge >= 0.3 is 5.69 Å². The SMILES string of the molecule is CCCCN(CCCC)c1nc(NCC)ncc1[N+](=O)[O-]. The van der Waals surface area contributed by atoms with Crippen molar-refractivity contribution in [3.8, 4) is 0 Å². The lowest BCUT2D eigenvalue weighted by molar-refractivity contribution is -0.384. The van der Waals surface area contributed by atoms with E-state index in [0.717, 1.165) is 38.8 Å². The van der Waals surface area contributed by atoms with Crippen LogP contribution in [0.4, 0.5) is 17.5 Å². The van der Waals surface area contributed by atoms with Crippen LogP contribution in [0.5, 0.6) is 0 Å². The maximum atomic E-state index is 11.2. The van der Waals surface area contributed by atoms with Gasteiger partial charge in [0, 0.05) is 19.6 Å². The molecule has 0 radical (unpaired) electrons. The van der Waals surface area contributed by atoms with Gasteiger partial charge in [-0.05, 0) is 19.8 Å². The van der Waals surface area contributed by atoms with Gasteiger partial charge in [-0.2, -0.15) is 4.98 Å². The van der Waals surface area contributed by atoms with E-state index in [4.69, 9.17) is 0 Å². The summed E-state index contributed by atoms with van der Waals surface area (Å²) in [6.07, 6.45) is 5.36. The molecule has 1 aromatic heterocycles. The zero-order valence-electron chi connectivity index (χ0n) is 13.1. The Hall–Kier alpha value is -1.92. The molecule has 1 N–H and O–H groups in total. The number of hydrogen-bond donors (Lipinski definition) is 1. The van der Waals surface area contributed by atoms with Crippen LogP contribution < -0.4 is 10.2 Å². The van der Waals surface area contributed by atoms with Gasteiger partial charge in [-0.1, -0.05) is 26.7 Å².